The standard InChI is InChI=1S/C11H15NO3P/c1-16(2,3)8-11(13)9-4-6-10(7-5-9)12(14)15/h4-7H,8H2,1-3H3/q+1. The van der Waals surface area contributed by atoms with Crippen molar-refractivity contribution in [3.63, 3.8) is 0 Å². The van der Waals surface area contributed by atoms with Crippen molar-refractivity contribution in [2.75, 3.05) is 26.2 Å². The Hall–Kier alpha value is -1.28. The number of Topliss-reactive ketones (excluding diaryl/α,β-unsaturated/α-hetero) is 1. The quantitative estimate of drug-likeness (QED) is 0.352. The number of nitro groups is 1. The van der Waals surface area contributed by atoms with Crippen molar-refractivity contribution < 1.29 is 9.72 Å². The molecule has 0 amide bonds. The number of ketones is 1. The first kappa shape index (κ1) is 12.8. The Bertz CT molecular complexity index is 406. The van der Waals surface area contributed by atoms with Crippen LogP contribution < -0.4 is 0 Å². The third-order valence-electron chi connectivity index (χ3n) is 2.02. The molecule has 0 bridgehead atoms. The first-order chi connectivity index (χ1) is 7.29. The highest BCUT2D eigenvalue weighted by Gasteiger charge is 2.23. The molecular formula is C11H15NO3P+. The van der Waals surface area contributed by atoms with Crippen molar-refractivity contribution >= 4 is 18.7 Å². The second-order valence-corrected chi connectivity index (χ2v) is 9.57. The van der Waals surface area contributed by atoms with Gasteiger partial charge < -0.3 is 0 Å². The summed E-state index contributed by atoms with van der Waals surface area (Å²) in [5, 5.41) is 10.4. The molecule has 5 heteroatoms. The van der Waals surface area contributed by atoms with Gasteiger partial charge in [-0.1, -0.05) is 0 Å². The number of non-ortho nitro benzene ring substituents is 1. The van der Waals surface area contributed by atoms with E-state index in [-0.39, 0.29) is 11.5 Å². The topological polar surface area (TPSA) is 60.2 Å². The lowest BCUT2D eigenvalue weighted by Gasteiger charge is -2.10. The van der Waals surface area contributed by atoms with Crippen LogP contribution in [-0.4, -0.2) is 36.9 Å². The molecule has 0 saturated carbocycles. The molecule has 0 radical (unpaired) electrons. The summed E-state index contributed by atoms with van der Waals surface area (Å²) in [7, 11) is -1.15. The highest BCUT2D eigenvalue weighted by molar-refractivity contribution is 7.74. The maximum atomic E-state index is 11.8. The van der Waals surface area contributed by atoms with Crippen LogP contribution in [0.1, 0.15) is 10.4 Å². The molecule has 0 spiro atoms. The fraction of sp³-hybridized carbons (Fsp3) is 0.364. The van der Waals surface area contributed by atoms with Gasteiger partial charge in [0.05, 0.1) is 4.92 Å². The smallest absolute Gasteiger partial charge is 0.269 e. The Balaban J connectivity index is 2.82. The number of benzene rings is 1. The monoisotopic (exact) mass is 240 g/mol. The van der Waals surface area contributed by atoms with Gasteiger partial charge in [0, 0.05) is 45.0 Å². The molecule has 1 aromatic rings. The zero-order chi connectivity index (χ0) is 12.3. The number of rotatable bonds is 4. The second-order valence-electron chi connectivity index (χ2n) is 4.68. The van der Waals surface area contributed by atoms with Crippen LogP contribution in [0, 0.1) is 10.1 Å². The fourth-order valence-electron chi connectivity index (χ4n) is 1.29. The molecule has 0 saturated heterocycles. The van der Waals surface area contributed by atoms with Gasteiger partial charge in [-0.05, 0) is 12.1 Å². The number of nitrogens with zero attached hydrogens (tertiary/aromatic N) is 1. The van der Waals surface area contributed by atoms with Crippen LogP contribution in [0.3, 0.4) is 0 Å². The van der Waals surface area contributed by atoms with E-state index in [2.05, 4.69) is 20.0 Å². The summed E-state index contributed by atoms with van der Waals surface area (Å²) in [4.78, 5) is 21.8. The van der Waals surface area contributed by atoms with E-state index in [4.69, 9.17) is 0 Å². The lowest BCUT2D eigenvalue weighted by Crippen LogP contribution is -2.08. The first-order valence-electron chi connectivity index (χ1n) is 4.88. The van der Waals surface area contributed by atoms with Crippen molar-refractivity contribution in [1.29, 1.82) is 0 Å². The molecule has 0 aliphatic heterocycles. The van der Waals surface area contributed by atoms with Gasteiger partial charge in [-0.3, -0.25) is 14.9 Å². The molecule has 0 aliphatic carbocycles. The van der Waals surface area contributed by atoms with Crippen LogP contribution in [-0.2, 0) is 0 Å². The summed E-state index contributed by atoms with van der Waals surface area (Å²) in [5.74, 6) is 0.0655. The Morgan fingerprint density at radius 2 is 1.75 bits per heavy atom. The van der Waals surface area contributed by atoms with Gasteiger partial charge in [0.25, 0.3) is 5.69 Å². The van der Waals surface area contributed by atoms with Crippen LogP contribution in [0.5, 0.6) is 0 Å². The molecule has 0 aliphatic rings. The highest BCUT2D eigenvalue weighted by Crippen LogP contribution is 2.46. The van der Waals surface area contributed by atoms with E-state index in [0.717, 1.165) is 0 Å². The van der Waals surface area contributed by atoms with Crippen LogP contribution in [0.2, 0.25) is 0 Å². The average Bonchev–Trinajstić information content (AvgIpc) is 2.15. The highest BCUT2D eigenvalue weighted by atomic mass is 31.2. The Kier molecular flexibility index (Phi) is 3.76. The molecule has 16 heavy (non-hydrogen) atoms. The van der Waals surface area contributed by atoms with Gasteiger partial charge in [0.15, 0.2) is 5.78 Å². The van der Waals surface area contributed by atoms with E-state index in [1.54, 1.807) is 0 Å². The summed E-state index contributed by atoms with van der Waals surface area (Å²) in [6.07, 6.45) is 0.546. The van der Waals surface area contributed by atoms with Crippen LogP contribution in [0.25, 0.3) is 0 Å². The van der Waals surface area contributed by atoms with E-state index >= 15 is 0 Å². The minimum Gasteiger partial charge on any atom is -0.290 e. The predicted molar refractivity (Wildman–Crippen MR) is 67.0 cm³/mol. The third kappa shape index (κ3) is 3.70. The van der Waals surface area contributed by atoms with Crippen LogP contribution in [0.4, 0.5) is 5.69 Å². The van der Waals surface area contributed by atoms with Crippen molar-refractivity contribution in [2.24, 2.45) is 0 Å². The molecule has 0 N–H and O–H groups in total. The summed E-state index contributed by atoms with van der Waals surface area (Å²) < 4.78 is 0. The van der Waals surface area contributed by atoms with Gasteiger partial charge >= 0.3 is 0 Å². The second kappa shape index (κ2) is 4.71. The predicted octanol–water partition coefficient (Wildman–Crippen LogP) is 2.68. The first-order valence-corrected chi connectivity index (χ1v) is 8.19. The number of carbonyl (C=O) groups excluding carboxylic acids is 1. The van der Waals surface area contributed by atoms with E-state index in [9.17, 15) is 14.9 Å². The molecule has 4 nitrogen and oxygen atoms in total. The molecule has 0 atom stereocenters. The van der Waals surface area contributed by atoms with Crippen LogP contribution >= 0.6 is 7.26 Å². The van der Waals surface area contributed by atoms with Gasteiger partial charge in [-0.15, -0.1) is 0 Å². The summed E-state index contributed by atoms with van der Waals surface area (Å²) in [6, 6.07) is 5.79. The molecular weight excluding hydrogens is 225 g/mol. The van der Waals surface area contributed by atoms with Crippen molar-refractivity contribution in [2.45, 2.75) is 0 Å². The number of nitro benzene ring substituents is 1. The zero-order valence-corrected chi connectivity index (χ0v) is 10.5. The Labute approximate surface area is 95.2 Å². The number of carbonyl (C=O) groups is 1. The van der Waals surface area contributed by atoms with Crippen molar-refractivity contribution in [3.8, 4) is 0 Å². The summed E-state index contributed by atoms with van der Waals surface area (Å²) in [6.45, 7) is 6.28. The van der Waals surface area contributed by atoms with Crippen LogP contribution in [0.15, 0.2) is 24.3 Å². The summed E-state index contributed by atoms with van der Waals surface area (Å²) >= 11 is 0. The summed E-state index contributed by atoms with van der Waals surface area (Å²) in [5.41, 5.74) is 0.572. The minimum atomic E-state index is -1.15. The number of hydrogen-bond donors (Lipinski definition) is 0. The molecule has 0 unspecified atom stereocenters. The fourth-order valence-corrected chi connectivity index (χ4v) is 2.34. The molecule has 1 aromatic carbocycles. The molecule has 0 heterocycles. The van der Waals surface area contributed by atoms with Crippen molar-refractivity contribution in [3.05, 3.63) is 39.9 Å². The minimum absolute atomic E-state index is 0.0158. The van der Waals surface area contributed by atoms with Gasteiger partial charge in [-0.25, -0.2) is 0 Å². The lowest BCUT2D eigenvalue weighted by molar-refractivity contribution is -0.384. The molecule has 0 fully saturated rings. The van der Waals surface area contributed by atoms with Gasteiger partial charge in [0.1, 0.15) is 6.16 Å². The van der Waals surface area contributed by atoms with E-state index in [0.29, 0.717) is 11.7 Å². The largest absolute Gasteiger partial charge is 0.290 e. The zero-order valence-electron chi connectivity index (χ0n) is 9.64. The lowest BCUT2D eigenvalue weighted by atomic mass is 10.1. The Morgan fingerprint density at radius 3 is 2.12 bits per heavy atom. The maximum absolute atomic E-state index is 11.8. The molecule has 0 aromatic heterocycles. The normalized spacial score (nSPS) is 11.2. The Morgan fingerprint density at radius 1 is 1.25 bits per heavy atom. The molecule has 86 valence electrons. The SMILES string of the molecule is C[P+](C)(C)CC(=O)c1ccc([N+](=O)[O-])cc1. The number of hydrogen-bond acceptors (Lipinski definition) is 3. The van der Waals surface area contributed by atoms with E-state index in [1.165, 1.54) is 24.3 Å². The third-order valence-corrected chi connectivity index (χ3v) is 3.25. The van der Waals surface area contributed by atoms with E-state index < -0.39 is 12.2 Å². The van der Waals surface area contributed by atoms with Crippen molar-refractivity contribution in [1.82, 2.24) is 0 Å². The van der Waals surface area contributed by atoms with Gasteiger partial charge in [-0.2, -0.15) is 0 Å². The maximum Gasteiger partial charge on any atom is 0.269 e. The van der Waals surface area contributed by atoms with E-state index in [1.807, 2.05) is 0 Å². The van der Waals surface area contributed by atoms with Gasteiger partial charge in [0.2, 0.25) is 0 Å². The molecule has 1 rings (SSSR count). The average molecular weight is 240 g/mol.